The smallest absolute Gasteiger partial charge is 0.258 e. The molecule has 0 aliphatic heterocycles. The van der Waals surface area contributed by atoms with Crippen molar-refractivity contribution in [2.75, 3.05) is 6.54 Å². The number of phenolic OH excluding ortho intramolecular Hbond substituents is 1. The molecule has 0 radical (unpaired) electrons. The van der Waals surface area contributed by atoms with E-state index in [-0.39, 0.29) is 23.9 Å². The predicted octanol–water partition coefficient (Wildman–Crippen LogP) is 2.42. The summed E-state index contributed by atoms with van der Waals surface area (Å²) in [7, 11) is 0. The molecule has 1 aromatic carbocycles. The van der Waals surface area contributed by atoms with Gasteiger partial charge in [0.2, 0.25) is 0 Å². The summed E-state index contributed by atoms with van der Waals surface area (Å²) in [6, 6.07) is 6.05. The molecule has 17 heavy (non-hydrogen) atoms. The van der Waals surface area contributed by atoms with Crippen molar-refractivity contribution in [2.45, 2.75) is 19.9 Å². The highest BCUT2D eigenvalue weighted by Crippen LogP contribution is 2.23. The van der Waals surface area contributed by atoms with Crippen LogP contribution in [0, 0.1) is 11.3 Å². The second-order valence-electron chi connectivity index (χ2n) is 3.85. The minimum atomic E-state index is -0.401. The molecule has 0 bridgehead atoms. The Labute approximate surface area is 105 Å². The van der Waals surface area contributed by atoms with Crippen LogP contribution in [0.3, 0.4) is 0 Å². The number of rotatable bonds is 3. The number of carbonyl (C=O) groups is 1. The molecule has 0 heterocycles. The Morgan fingerprint density at radius 1 is 1.59 bits per heavy atom. The molecule has 1 aromatic rings. The Hall–Kier alpha value is -1.73. The molecular formula is C12H13ClN2O2. The second kappa shape index (κ2) is 5.55. The average molecular weight is 253 g/mol. The number of phenols is 1. The maximum absolute atomic E-state index is 12.1. The van der Waals surface area contributed by atoms with E-state index in [9.17, 15) is 9.90 Å². The van der Waals surface area contributed by atoms with E-state index in [2.05, 4.69) is 0 Å². The summed E-state index contributed by atoms with van der Waals surface area (Å²) in [6.45, 7) is 3.58. The average Bonchev–Trinajstić information content (AvgIpc) is 2.28. The third-order valence-corrected chi connectivity index (χ3v) is 2.55. The molecule has 0 aliphatic carbocycles. The van der Waals surface area contributed by atoms with Gasteiger partial charge in [0.05, 0.1) is 11.6 Å². The Bertz CT molecular complexity index is 466. The maximum atomic E-state index is 12.1. The highest BCUT2D eigenvalue weighted by atomic mass is 35.5. The van der Waals surface area contributed by atoms with Crippen molar-refractivity contribution < 1.29 is 9.90 Å². The number of halogens is 1. The number of amides is 1. The van der Waals surface area contributed by atoms with E-state index < -0.39 is 5.91 Å². The topological polar surface area (TPSA) is 64.3 Å². The van der Waals surface area contributed by atoms with Crippen LogP contribution in [0.2, 0.25) is 5.02 Å². The number of benzene rings is 1. The van der Waals surface area contributed by atoms with Crippen LogP contribution in [0.15, 0.2) is 18.2 Å². The van der Waals surface area contributed by atoms with Crippen molar-refractivity contribution in [3.8, 4) is 11.8 Å². The van der Waals surface area contributed by atoms with Gasteiger partial charge in [0.15, 0.2) is 0 Å². The summed E-state index contributed by atoms with van der Waals surface area (Å²) >= 11 is 5.78. The summed E-state index contributed by atoms with van der Waals surface area (Å²) in [5.74, 6) is -0.537. The minimum Gasteiger partial charge on any atom is -0.507 e. The Kier molecular flexibility index (Phi) is 4.36. The first-order valence-corrected chi connectivity index (χ1v) is 5.51. The van der Waals surface area contributed by atoms with Gasteiger partial charge in [-0.2, -0.15) is 5.26 Å². The van der Waals surface area contributed by atoms with Gasteiger partial charge < -0.3 is 10.0 Å². The molecule has 0 saturated heterocycles. The Morgan fingerprint density at radius 3 is 2.76 bits per heavy atom. The molecule has 0 unspecified atom stereocenters. The van der Waals surface area contributed by atoms with Gasteiger partial charge in [-0.25, -0.2) is 0 Å². The first kappa shape index (κ1) is 13.3. The normalized spacial score (nSPS) is 10.1. The van der Waals surface area contributed by atoms with Crippen LogP contribution in [-0.2, 0) is 0 Å². The molecule has 4 nitrogen and oxygen atoms in total. The number of hydrogen-bond donors (Lipinski definition) is 1. The lowest BCUT2D eigenvalue weighted by molar-refractivity contribution is 0.0728. The number of aromatic hydroxyl groups is 1. The summed E-state index contributed by atoms with van der Waals surface area (Å²) in [6.07, 6.45) is 0. The molecule has 0 atom stereocenters. The van der Waals surface area contributed by atoms with Gasteiger partial charge in [0.1, 0.15) is 12.3 Å². The van der Waals surface area contributed by atoms with Crippen LogP contribution in [-0.4, -0.2) is 28.5 Å². The van der Waals surface area contributed by atoms with Crippen LogP contribution in [0.25, 0.3) is 0 Å². The molecule has 0 spiro atoms. The third-order valence-electron chi connectivity index (χ3n) is 2.31. The largest absolute Gasteiger partial charge is 0.507 e. The van der Waals surface area contributed by atoms with Crippen molar-refractivity contribution in [1.29, 1.82) is 5.26 Å². The fraction of sp³-hybridized carbons (Fsp3) is 0.333. The van der Waals surface area contributed by atoms with E-state index in [0.29, 0.717) is 5.02 Å². The number of nitriles is 1. The highest BCUT2D eigenvalue weighted by molar-refractivity contribution is 6.31. The zero-order valence-electron chi connectivity index (χ0n) is 9.64. The molecule has 5 heteroatoms. The van der Waals surface area contributed by atoms with Gasteiger partial charge in [-0.15, -0.1) is 0 Å². The van der Waals surface area contributed by atoms with Crippen molar-refractivity contribution in [3.63, 3.8) is 0 Å². The second-order valence-corrected chi connectivity index (χ2v) is 4.28. The molecule has 90 valence electrons. The first-order chi connectivity index (χ1) is 7.97. The predicted molar refractivity (Wildman–Crippen MR) is 64.9 cm³/mol. The molecular weight excluding hydrogens is 240 g/mol. The Balaban J connectivity index is 3.10. The molecule has 1 N–H and O–H groups in total. The molecule has 0 fully saturated rings. The van der Waals surface area contributed by atoms with Crippen molar-refractivity contribution in [3.05, 3.63) is 28.8 Å². The van der Waals surface area contributed by atoms with E-state index in [0.717, 1.165) is 0 Å². The monoisotopic (exact) mass is 252 g/mol. The van der Waals surface area contributed by atoms with Gasteiger partial charge in [0.25, 0.3) is 5.91 Å². The molecule has 1 amide bonds. The number of hydrogen-bond acceptors (Lipinski definition) is 3. The van der Waals surface area contributed by atoms with Crippen LogP contribution >= 0.6 is 11.6 Å². The lowest BCUT2D eigenvalue weighted by Gasteiger charge is -2.24. The standard InChI is InChI=1S/C12H13ClN2O2/c1-8(2)15(6-5-14)12(17)10-7-9(13)3-4-11(10)16/h3-4,7-8,16H,6H2,1-2H3. The highest BCUT2D eigenvalue weighted by Gasteiger charge is 2.21. The van der Waals surface area contributed by atoms with Crippen LogP contribution in [0.4, 0.5) is 0 Å². The van der Waals surface area contributed by atoms with Crippen molar-refractivity contribution in [1.82, 2.24) is 4.90 Å². The zero-order valence-corrected chi connectivity index (χ0v) is 10.4. The van der Waals surface area contributed by atoms with Gasteiger partial charge in [-0.3, -0.25) is 4.79 Å². The minimum absolute atomic E-state index is 0.0253. The summed E-state index contributed by atoms with van der Waals surface area (Å²) in [5, 5.41) is 18.7. The van der Waals surface area contributed by atoms with Crippen LogP contribution in [0.1, 0.15) is 24.2 Å². The van der Waals surface area contributed by atoms with Crippen molar-refractivity contribution >= 4 is 17.5 Å². The van der Waals surface area contributed by atoms with Gasteiger partial charge >= 0.3 is 0 Å². The van der Waals surface area contributed by atoms with E-state index in [1.54, 1.807) is 13.8 Å². The number of nitrogens with zero attached hydrogens (tertiary/aromatic N) is 2. The summed E-state index contributed by atoms with van der Waals surface area (Å²) in [4.78, 5) is 13.5. The van der Waals surface area contributed by atoms with Gasteiger partial charge in [0, 0.05) is 11.1 Å². The lowest BCUT2D eigenvalue weighted by Crippen LogP contribution is -2.37. The SMILES string of the molecule is CC(C)N(CC#N)C(=O)c1cc(Cl)ccc1O. The molecule has 0 aromatic heterocycles. The van der Waals surface area contributed by atoms with Crippen molar-refractivity contribution in [2.24, 2.45) is 0 Å². The van der Waals surface area contributed by atoms with Crippen LogP contribution < -0.4 is 0 Å². The number of carbonyl (C=O) groups excluding carboxylic acids is 1. The summed E-state index contributed by atoms with van der Waals surface area (Å²) in [5.41, 5.74) is 0.112. The fourth-order valence-corrected chi connectivity index (χ4v) is 1.57. The first-order valence-electron chi connectivity index (χ1n) is 5.13. The quantitative estimate of drug-likeness (QED) is 0.841. The van der Waals surface area contributed by atoms with Crippen LogP contribution in [0.5, 0.6) is 5.75 Å². The van der Waals surface area contributed by atoms with E-state index >= 15 is 0 Å². The molecule has 0 saturated carbocycles. The fourth-order valence-electron chi connectivity index (χ4n) is 1.40. The maximum Gasteiger partial charge on any atom is 0.258 e. The lowest BCUT2D eigenvalue weighted by atomic mass is 10.1. The van der Waals surface area contributed by atoms with Gasteiger partial charge in [-0.1, -0.05) is 11.6 Å². The molecule has 1 rings (SSSR count). The van der Waals surface area contributed by atoms with E-state index in [4.69, 9.17) is 16.9 Å². The van der Waals surface area contributed by atoms with E-state index in [1.165, 1.54) is 23.1 Å². The molecule has 0 aliphatic rings. The van der Waals surface area contributed by atoms with E-state index in [1.807, 2.05) is 6.07 Å². The third kappa shape index (κ3) is 3.11. The zero-order chi connectivity index (χ0) is 13.0. The Morgan fingerprint density at radius 2 is 2.24 bits per heavy atom. The summed E-state index contributed by atoms with van der Waals surface area (Å²) < 4.78 is 0. The van der Waals surface area contributed by atoms with Gasteiger partial charge in [-0.05, 0) is 32.0 Å².